The van der Waals surface area contributed by atoms with Crippen LogP contribution in [0.5, 0.6) is 0 Å². The molecular formula is C44H71FN6O6S. The number of halogens is 1. The molecule has 0 bridgehead atoms. The molecule has 1 saturated heterocycles. The number of hydrogen-bond acceptors (Lipinski definition) is 9. The lowest BCUT2D eigenvalue weighted by atomic mass is 9.84. The van der Waals surface area contributed by atoms with E-state index in [0.29, 0.717) is 30.1 Å². The number of rotatable bonds is 24. The first-order valence-electron chi connectivity index (χ1n) is 21.4. The largest absolute Gasteiger partial charge is 0.481 e. The Kier molecular flexibility index (Phi) is 19.5. The van der Waals surface area contributed by atoms with Crippen LogP contribution in [0.3, 0.4) is 0 Å². The van der Waals surface area contributed by atoms with Crippen LogP contribution in [0.2, 0.25) is 0 Å². The van der Waals surface area contributed by atoms with E-state index in [1.165, 1.54) is 23.5 Å². The molecule has 3 rings (SSSR count). The van der Waals surface area contributed by atoms with Gasteiger partial charge in [-0.3, -0.25) is 24.1 Å². The first-order chi connectivity index (χ1) is 27.4. The van der Waals surface area contributed by atoms with Crippen molar-refractivity contribution in [1.82, 2.24) is 25.4 Å². The van der Waals surface area contributed by atoms with Gasteiger partial charge in [-0.05, 0) is 96.0 Å². The molecule has 14 heteroatoms. The summed E-state index contributed by atoms with van der Waals surface area (Å²) in [6.07, 6.45) is 7.66. The number of piperidine rings is 1. The number of nitrogens with one attached hydrogen (secondary N) is 2. The summed E-state index contributed by atoms with van der Waals surface area (Å²) in [6.45, 7) is 17.3. The molecule has 3 amide bonds. The highest BCUT2D eigenvalue weighted by Crippen LogP contribution is 2.32. The van der Waals surface area contributed by atoms with E-state index in [2.05, 4.69) is 36.3 Å². The molecule has 0 unspecified atom stereocenters. The van der Waals surface area contributed by atoms with Gasteiger partial charge in [-0.1, -0.05) is 72.8 Å². The molecular weight excluding hydrogens is 760 g/mol. The molecule has 0 saturated carbocycles. The van der Waals surface area contributed by atoms with Crippen molar-refractivity contribution in [2.45, 2.75) is 156 Å². The normalized spacial score (nSPS) is 17.6. The van der Waals surface area contributed by atoms with E-state index in [4.69, 9.17) is 15.5 Å². The highest BCUT2D eigenvalue weighted by Gasteiger charge is 2.38. The van der Waals surface area contributed by atoms with Crippen LogP contribution in [0.1, 0.15) is 147 Å². The fraction of sp³-hybridized carbons (Fsp3) is 0.705. The number of aromatic nitrogens is 1. The van der Waals surface area contributed by atoms with Crippen LogP contribution < -0.4 is 16.4 Å². The summed E-state index contributed by atoms with van der Waals surface area (Å²) < 4.78 is 20.7. The summed E-state index contributed by atoms with van der Waals surface area (Å²) in [4.78, 5) is 63.2. The number of anilines is 1. The Bertz CT molecular complexity index is 1640. The maximum Gasteiger partial charge on any atom is 0.309 e. The second-order valence-corrected chi connectivity index (χ2v) is 18.0. The number of likely N-dealkylation sites (N-methyl/N-ethyl adjacent to an activating group) is 1. The molecule has 0 spiro atoms. The number of carboxylic acids is 1. The monoisotopic (exact) mass is 831 g/mol. The molecule has 2 heterocycles. The maximum absolute atomic E-state index is 14.9. The number of nitrogens with two attached hydrogens (primary N) is 1. The minimum atomic E-state index is -1.17. The number of carbonyl (C=O) groups is 4. The van der Waals surface area contributed by atoms with Crippen molar-refractivity contribution in [1.29, 1.82) is 0 Å². The summed E-state index contributed by atoms with van der Waals surface area (Å²) in [7, 11) is 1.97. The summed E-state index contributed by atoms with van der Waals surface area (Å²) in [5, 5.41) is 18.3. The lowest BCUT2D eigenvalue weighted by Gasteiger charge is -2.40. The van der Waals surface area contributed by atoms with Gasteiger partial charge < -0.3 is 31.1 Å². The number of unbranched alkanes of at least 4 members (excludes halogenated alkanes) is 3. The Hall–Kier alpha value is -3.62. The molecule has 1 aromatic carbocycles. The predicted octanol–water partition coefficient (Wildman–Crippen LogP) is 7.62. The molecule has 2 aromatic rings. The zero-order valence-electron chi connectivity index (χ0n) is 36.4. The quantitative estimate of drug-likeness (QED) is 0.0615. The Balaban J connectivity index is 1.91. The molecule has 58 heavy (non-hydrogen) atoms. The van der Waals surface area contributed by atoms with Crippen LogP contribution in [-0.2, 0) is 25.5 Å². The van der Waals surface area contributed by atoms with Gasteiger partial charge in [0.2, 0.25) is 11.8 Å². The number of carboxylic acid groups (broad SMARTS) is 1. The lowest BCUT2D eigenvalue weighted by Crippen LogP contribution is -2.59. The first kappa shape index (κ1) is 48.7. The number of benzene rings is 1. The minimum Gasteiger partial charge on any atom is -0.481 e. The standard InChI is InChI=1S/C44H71FN6O6S/c1-10-13-14-16-22-51(42(54)38(29(6)11-2)49-40(53)35-18-15-17-21-50(35)9)36(28(4)5)25-37(57-12-3)41-48-34(27-58-41)39(52)47-31(26-44(7,8)43(55)56)23-30-19-20-33(46)32(45)24-30/h19-20,24,27-29,31,35-38H,10-18,21-23,25-26,46H2,1-9H3,(H,47,52)(H,49,53)(H,55,56)/t29-,31-,35+,36+,37+,38-/m0/s1. The SMILES string of the molecule is CCCCCCN(C(=O)[C@@H](NC(=O)[C@H]1CCCCN1C)[C@@H](C)CC)[C@H](C[C@@H](OCC)c1nc(C(=O)N[C@@H](Cc2ccc(N)c(F)c2)CC(C)(C)C(=O)O)cs1)C(C)C. The van der Waals surface area contributed by atoms with Gasteiger partial charge in [-0.25, -0.2) is 9.37 Å². The fourth-order valence-corrected chi connectivity index (χ4v) is 8.60. The van der Waals surface area contributed by atoms with Crippen molar-refractivity contribution in [3.05, 3.63) is 45.7 Å². The fourth-order valence-electron chi connectivity index (χ4n) is 7.74. The molecule has 5 N–H and O–H groups in total. The van der Waals surface area contributed by atoms with Gasteiger partial charge in [0.25, 0.3) is 5.91 Å². The van der Waals surface area contributed by atoms with Crippen molar-refractivity contribution >= 4 is 40.7 Å². The molecule has 0 radical (unpaired) electrons. The van der Waals surface area contributed by atoms with Gasteiger partial charge in [-0.15, -0.1) is 11.3 Å². The average molecular weight is 831 g/mol. The number of nitrogens with zero attached hydrogens (tertiary/aromatic N) is 3. The van der Waals surface area contributed by atoms with E-state index in [0.717, 1.165) is 57.9 Å². The minimum absolute atomic E-state index is 0.00235. The van der Waals surface area contributed by atoms with Gasteiger partial charge in [0.05, 0.1) is 17.1 Å². The molecule has 0 aliphatic carbocycles. The molecule has 6 atom stereocenters. The molecule has 1 aliphatic heterocycles. The predicted molar refractivity (Wildman–Crippen MR) is 229 cm³/mol. The molecule has 12 nitrogen and oxygen atoms in total. The third-order valence-electron chi connectivity index (χ3n) is 11.6. The van der Waals surface area contributed by atoms with Crippen LogP contribution in [0.4, 0.5) is 10.1 Å². The van der Waals surface area contributed by atoms with E-state index in [1.54, 1.807) is 25.3 Å². The van der Waals surface area contributed by atoms with Crippen LogP contribution in [0.25, 0.3) is 0 Å². The Morgan fingerprint density at radius 1 is 1.10 bits per heavy atom. The first-order valence-corrected chi connectivity index (χ1v) is 22.3. The van der Waals surface area contributed by atoms with Crippen LogP contribution >= 0.6 is 11.3 Å². The number of ether oxygens (including phenoxy) is 1. The van der Waals surface area contributed by atoms with Crippen molar-refractivity contribution in [3.63, 3.8) is 0 Å². The Labute approximate surface area is 350 Å². The van der Waals surface area contributed by atoms with E-state index < -0.39 is 41.3 Å². The van der Waals surface area contributed by atoms with Crippen molar-refractivity contribution in [2.24, 2.45) is 17.3 Å². The number of hydrogen-bond donors (Lipinski definition) is 4. The van der Waals surface area contributed by atoms with Gasteiger partial charge in [0.1, 0.15) is 28.7 Å². The summed E-state index contributed by atoms with van der Waals surface area (Å²) in [6, 6.07) is 2.58. The lowest BCUT2D eigenvalue weighted by molar-refractivity contribution is -0.147. The highest BCUT2D eigenvalue weighted by molar-refractivity contribution is 7.09. The van der Waals surface area contributed by atoms with E-state index >= 15 is 0 Å². The topological polar surface area (TPSA) is 167 Å². The second kappa shape index (κ2) is 23.2. The Morgan fingerprint density at radius 2 is 1.83 bits per heavy atom. The van der Waals surface area contributed by atoms with E-state index in [1.807, 2.05) is 32.7 Å². The van der Waals surface area contributed by atoms with Crippen LogP contribution in [0.15, 0.2) is 23.6 Å². The second-order valence-electron chi connectivity index (χ2n) is 17.1. The van der Waals surface area contributed by atoms with Gasteiger partial charge in [0.15, 0.2) is 0 Å². The zero-order chi connectivity index (χ0) is 43.2. The van der Waals surface area contributed by atoms with Crippen molar-refractivity contribution in [2.75, 3.05) is 32.5 Å². The number of aliphatic carboxylic acids is 1. The highest BCUT2D eigenvalue weighted by atomic mass is 32.1. The van der Waals surface area contributed by atoms with E-state index in [9.17, 15) is 28.7 Å². The number of carbonyl (C=O) groups excluding carboxylic acids is 3. The third-order valence-corrected chi connectivity index (χ3v) is 12.6. The smallest absolute Gasteiger partial charge is 0.309 e. The molecule has 1 aliphatic rings. The van der Waals surface area contributed by atoms with Crippen molar-refractivity contribution in [3.8, 4) is 0 Å². The number of thiazole rings is 1. The summed E-state index contributed by atoms with van der Waals surface area (Å²) >= 11 is 1.30. The zero-order valence-corrected chi connectivity index (χ0v) is 37.3. The number of nitrogen functional groups attached to an aromatic ring is 1. The average Bonchev–Trinajstić information content (AvgIpc) is 3.67. The molecule has 1 fully saturated rings. The van der Waals surface area contributed by atoms with Crippen LogP contribution in [-0.4, -0.2) is 94.5 Å². The maximum atomic E-state index is 14.9. The third kappa shape index (κ3) is 14.0. The summed E-state index contributed by atoms with van der Waals surface area (Å²) in [5.41, 5.74) is 5.23. The van der Waals surface area contributed by atoms with Gasteiger partial charge in [0, 0.05) is 37.0 Å². The van der Waals surface area contributed by atoms with Gasteiger partial charge in [-0.2, -0.15) is 0 Å². The van der Waals surface area contributed by atoms with E-state index in [-0.39, 0.29) is 60.0 Å². The van der Waals surface area contributed by atoms with Gasteiger partial charge >= 0.3 is 5.97 Å². The number of likely N-dealkylation sites (tertiary alicyclic amines) is 1. The number of amides is 3. The van der Waals surface area contributed by atoms with Crippen LogP contribution in [0, 0.1) is 23.1 Å². The Morgan fingerprint density at radius 3 is 2.43 bits per heavy atom. The molecule has 1 aromatic heterocycles. The molecule has 326 valence electrons. The summed E-state index contributed by atoms with van der Waals surface area (Å²) in [5.74, 6) is -2.30. The van der Waals surface area contributed by atoms with Crippen molar-refractivity contribution < 1.29 is 33.4 Å².